The molecule has 0 N–H and O–H groups in total. The molecule has 0 radical (unpaired) electrons. The third kappa shape index (κ3) is 3.51. The fourth-order valence-electron chi connectivity index (χ4n) is 3.20. The minimum absolute atomic E-state index is 0.529. The van der Waals surface area contributed by atoms with Crippen molar-refractivity contribution in [1.82, 2.24) is 0 Å². The summed E-state index contributed by atoms with van der Waals surface area (Å²) in [6.07, 6.45) is 9.77. The monoisotopic (exact) mass is 245 g/mol. The highest BCUT2D eigenvalue weighted by atomic mass is 15.1. The van der Waals surface area contributed by atoms with E-state index >= 15 is 0 Å². The van der Waals surface area contributed by atoms with Crippen molar-refractivity contribution in [2.45, 2.75) is 51.9 Å². The number of nitrogens with zero attached hydrogens (tertiary/aromatic N) is 1. The Kier molecular flexibility index (Phi) is 4.31. The second kappa shape index (κ2) is 5.77. The van der Waals surface area contributed by atoms with Crippen LogP contribution in [0.2, 0.25) is 0 Å². The van der Waals surface area contributed by atoms with E-state index in [2.05, 4.69) is 50.2 Å². The number of hydrogen-bond acceptors (Lipinski definition) is 1. The van der Waals surface area contributed by atoms with Crippen molar-refractivity contribution in [2.24, 2.45) is 5.41 Å². The maximum absolute atomic E-state index is 2.49. The van der Waals surface area contributed by atoms with Gasteiger partial charge in [-0.05, 0) is 42.4 Å². The van der Waals surface area contributed by atoms with Crippen molar-refractivity contribution in [3.8, 4) is 0 Å². The maximum Gasteiger partial charge on any atom is 0.0363 e. The summed E-state index contributed by atoms with van der Waals surface area (Å²) in [6.45, 7) is 2.49. The van der Waals surface area contributed by atoms with E-state index in [1.165, 1.54) is 56.2 Å². The first kappa shape index (κ1) is 13.5. The standard InChI is InChI=1S/C17H27N/c1-17(11-6-4-5-7-12-17)14-15-9-8-10-16(13-15)18(2)3/h8-10,13H,4-7,11-12,14H2,1-3H3. The van der Waals surface area contributed by atoms with Crippen LogP contribution in [0.25, 0.3) is 0 Å². The molecular weight excluding hydrogens is 218 g/mol. The summed E-state index contributed by atoms with van der Waals surface area (Å²) in [6, 6.07) is 9.04. The van der Waals surface area contributed by atoms with Gasteiger partial charge in [-0.25, -0.2) is 0 Å². The third-order valence-electron chi connectivity index (χ3n) is 4.37. The van der Waals surface area contributed by atoms with E-state index in [4.69, 9.17) is 0 Å². The summed E-state index contributed by atoms with van der Waals surface area (Å²) in [4.78, 5) is 2.19. The van der Waals surface area contributed by atoms with E-state index in [1.807, 2.05) is 0 Å². The van der Waals surface area contributed by atoms with Crippen molar-refractivity contribution in [3.63, 3.8) is 0 Å². The number of benzene rings is 1. The van der Waals surface area contributed by atoms with Gasteiger partial charge in [0.15, 0.2) is 0 Å². The van der Waals surface area contributed by atoms with Gasteiger partial charge in [-0.15, -0.1) is 0 Å². The molecule has 0 unspecified atom stereocenters. The highest BCUT2D eigenvalue weighted by Crippen LogP contribution is 2.37. The molecule has 18 heavy (non-hydrogen) atoms. The van der Waals surface area contributed by atoms with Crippen molar-refractivity contribution in [1.29, 1.82) is 0 Å². The Balaban J connectivity index is 2.09. The summed E-state index contributed by atoms with van der Waals surface area (Å²) < 4.78 is 0. The van der Waals surface area contributed by atoms with Crippen LogP contribution in [0.15, 0.2) is 24.3 Å². The van der Waals surface area contributed by atoms with Gasteiger partial charge in [0.25, 0.3) is 0 Å². The van der Waals surface area contributed by atoms with Gasteiger partial charge in [-0.1, -0.05) is 44.7 Å². The Labute approximate surface area is 112 Å². The van der Waals surface area contributed by atoms with Gasteiger partial charge in [0, 0.05) is 19.8 Å². The molecule has 1 aliphatic carbocycles. The summed E-state index contributed by atoms with van der Waals surface area (Å²) in [5.74, 6) is 0. The molecule has 0 atom stereocenters. The highest BCUT2D eigenvalue weighted by Gasteiger charge is 2.25. The molecule has 1 aliphatic rings. The van der Waals surface area contributed by atoms with Crippen LogP contribution < -0.4 is 4.90 Å². The topological polar surface area (TPSA) is 3.24 Å². The van der Waals surface area contributed by atoms with Crippen LogP contribution in [0.4, 0.5) is 5.69 Å². The first-order chi connectivity index (χ1) is 8.59. The molecule has 0 spiro atoms. The van der Waals surface area contributed by atoms with E-state index in [9.17, 15) is 0 Å². The maximum atomic E-state index is 2.49. The first-order valence-corrected chi connectivity index (χ1v) is 7.35. The molecule has 1 saturated carbocycles. The molecule has 0 heterocycles. The summed E-state index contributed by atoms with van der Waals surface area (Å²) in [7, 11) is 4.24. The van der Waals surface area contributed by atoms with Crippen molar-refractivity contribution >= 4 is 5.69 Å². The molecule has 0 aromatic heterocycles. The minimum Gasteiger partial charge on any atom is -0.378 e. The van der Waals surface area contributed by atoms with Gasteiger partial charge in [0.05, 0.1) is 0 Å². The van der Waals surface area contributed by atoms with Gasteiger partial charge in [-0.2, -0.15) is 0 Å². The highest BCUT2D eigenvalue weighted by molar-refractivity contribution is 5.47. The summed E-state index contributed by atoms with van der Waals surface area (Å²) in [5, 5.41) is 0. The van der Waals surface area contributed by atoms with Gasteiger partial charge in [-0.3, -0.25) is 0 Å². The van der Waals surface area contributed by atoms with E-state index < -0.39 is 0 Å². The van der Waals surface area contributed by atoms with Crippen LogP contribution in [0.5, 0.6) is 0 Å². The van der Waals surface area contributed by atoms with Crippen LogP contribution in [0, 0.1) is 5.41 Å². The molecular formula is C17H27N. The zero-order chi connectivity index (χ0) is 13.0. The van der Waals surface area contributed by atoms with Gasteiger partial charge >= 0.3 is 0 Å². The minimum atomic E-state index is 0.529. The summed E-state index contributed by atoms with van der Waals surface area (Å²) in [5.41, 5.74) is 3.36. The number of anilines is 1. The number of hydrogen-bond donors (Lipinski definition) is 0. The van der Waals surface area contributed by atoms with Crippen molar-refractivity contribution < 1.29 is 0 Å². The van der Waals surface area contributed by atoms with Crippen LogP contribution in [-0.2, 0) is 6.42 Å². The van der Waals surface area contributed by atoms with Crippen LogP contribution >= 0.6 is 0 Å². The van der Waals surface area contributed by atoms with Crippen LogP contribution in [-0.4, -0.2) is 14.1 Å². The molecule has 1 aromatic rings. The second-order valence-corrected chi connectivity index (χ2v) is 6.47. The third-order valence-corrected chi connectivity index (χ3v) is 4.37. The normalized spacial score (nSPS) is 19.3. The Morgan fingerprint density at radius 3 is 2.33 bits per heavy atom. The lowest BCUT2D eigenvalue weighted by Gasteiger charge is -2.28. The summed E-state index contributed by atoms with van der Waals surface area (Å²) >= 11 is 0. The van der Waals surface area contributed by atoms with E-state index in [1.54, 1.807) is 0 Å². The van der Waals surface area contributed by atoms with Crippen LogP contribution in [0.3, 0.4) is 0 Å². The molecule has 1 heteroatoms. The van der Waals surface area contributed by atoms with Crippen molar-refractivity contribution in [2.75, 3.05) is 19.0 Å². The lowest BCUT2D eigenvalue weighted by Crippen LogP contribution is -2.19. The Hall–Kier alpha value is -0.980. The van der Waals surface area contributed by atoms with Crippen LogP contribution in [0.1, 0.15) is 51.0 Å². The first-order valence-electron chi connectivity index (χ1n) is 7.35. The smallest absolute Gasteiger partial charge is 0.0363 e. The molecule has 0 saturated heterocycles. The Bertz CT molecular complexity index is 373. The van der Waals surface area contributed by atoms with Crippen molar-refractivity contribution in [3.05, 3.63) is 29.8 Å². The van der Waals surface area contributed by atoms with E-state index in [-0.39, 0.29) is 0 Å². The zero-order valence-electron chi connectivity index (χ0n) is 12.2. The lowest BCUT2D eigenvalue weighted by molar-refractivity contribution is 0.275. The molecule has 2 rings (SSSR count). The van der Waals surface area contributed by atoms with Gasteiger partial charge < -0.3 is 4.90 Å². The zero-order valence-corrected chi connectivity index (χ0v) is 12.2. The molecule has 1 nitrogen and oxygen atoms in total. The largest absolute Gasteiger partial charge is 0.378 e. The molecule has 0 amide bonds. The number of rotatable bonds is 3. The molecule has 0 bridgehead atoms. The lowest BCUT2D eigenvalue weighted by atomic mass is 9.77. The predicted molar refractivity (Wildman–Crippen MR) is 80.3 cm³/mol. The van der Waals surface area contributed by atoms with E-state index in [0.717, 1.165) is 0 Å². The Morgan fingerprint density at radius 1 is 1.06 bits per heavy atom. The van der Waals surface area contributed by atoms with Gasteiger partial charge in [0.1, 0.15) is 0 Å². The molecule has 1 fully saturated rings. The SMILES string of the molecule is CN(C)c1cccc(CC2(C)CCCCCC2)c1. The molecule has 1 aromatic carbocycles. The predicted octanol–water partition coefficient (Wildman–Crippen LogP) is 4.66. The molecule has 100 valence electrons. The average Bonchev–Trinajstić information content (AvgIpc) is 2.54. The fourth-order valence-corrected chi connectivity index (χ4v) is 3.20. The van der Waals surface area contributed by atoms with Gasteiger partial charge in [0.2, 0.25) is 0 Å². The second-order valence-electron chi connectivity index (χ2n) is 6.47. The quantitative estimate of drug-likeness (QED) is 0.700. The Morgan fingerprint density at radius 2 is 1.72 bits per heavy atom. The van der Waals surface area contributed by atoms with E-state index in [0.29, 0.717) is 5.41 Å². The average molecular weight is 245 g/mol. The fraction of sp³-hybridized carbons (Fsp3) is 0.647. The molecule has 0 aliphatic heterocycles.